The SMILES string of the molecule is CC1=CC(C)(c2ccccc2)C1. The van der Waals surface area contributed by atoms with E-state index in [4.69, 9.17) is 0 Å². The van der Waals surface area contributed by atoms with Crippen LogP contribution >= 0.6 is 0 Å². The monoisotopic (exact) mass is 158 g/mol. The molecule has 0 nitrogen and oxygen atoms in total. The van der Waals surface area contributed by atoms with Gasteiger partial charge in [0.25, 0.3) is 0 Å². The molecular formula is C12H14. The molecule has 1 aliphatic rings. The highest BCUT2D eigenvalue weighted by Crippen LogP contribution is 2.40. The van der Waals surface area contributed by atoms with Gasteiger partial charge in [0.2, 0.25) is 0 Å². The largest absolute Gasteiger partial charge is 0.0752 e. The molecule has 62 valence electrons. The molecule has 2 rings (SSSR count). The van der Waals surface area contributed by atoms with Crippen LogP contribution in [0, 0.1) is 0 Å². The lowest BCUT2D eigenvalue weighted by Crippen LogP contribution is -2.27. The van der Waals surface area contributed by atoms with E-state index in [9.17, 15) is 0 Å². The minimum Gasteiger partial charge on any atom is -0.0752 e. The van der Waals surface area contributed by atoms with Crippen molar-refractivity contribution < 1.29 is 0 Å². The predicted octanol–water partition coefficient (Wildman–Crippen LogP) is 3.29. The van der Waals surface area contributed by atoms with Gasteiger partial charge in [-0.15, -0.1) is 0 Å². The van der Waals surface area contributed by atoms with Gasteiger partial charge in [0.05, 0.1) is 0 Å². The molecule has 0 heterocycles. The molecule has 0 heteroatoms. The first-order chi connectivity index (χ1) is 5.71. The van der Waals surface area contributed by atoms with Crippen molar-refractivity contribution in [1.29, 1.82) is 0 Å². The fraction of sp³-hybridized carbons (Fsp3) is 0.333. The maximum absolute atomic E-state index is 2.36. The minimum absolute atomic E-state index is 0.325. The molecule has 1 aromatic carbocycles. The van der Waals surface area contributed by atoms with E-state index in [1.807, 2.05) is 0 Å². The highest BCUT2D eigenvalue weighted by atomic mass is 14.3. The van der Waals surface area contributed by atoms with Crippen LogP contribution in [-0.2, 0) is 5.41 Å². The summed E-state index contributed by atoms with van der Waals surface area (Å²) in [5.74, 6) is 0. The number of rotatable bonds is 1. The van der Waals surface area contributed by atoms with E-state index in [1.165, 1.54) is 17.6 Å². The Morgan fingerprint density at radius 2 is 1.75 bits per heavy atom. The molecular weight excluding hydrogens is 144 g/mol. The summed E-state index contributed by atoms with van der Waals surface area (Å²) < 4.78 is 0. The summed E-state index contributed by atoms with van der Waals surface area (Å²) in [6.07, 6.45) is 3.58. The van der Waals surface area contributed by atoms with Gasteiger partial charge in [-0.05, 0) is 18.9 Å². The summed E-state index contributed by atoms with van der Waals surface area (Å²) in [4.78, 5) is 0. The second kappa shape index (κ2) is 2.48. The van der Waals surface area contributed by atoms with Gasteiger partial charge in [0.15, 0.2) is 0 Å². The number of allylic oxidation sites excluding steroid dienone is 2. The van der Waals surface area contributed by atoms with Crippen molar-refractivity contribution in [2.24, 2.45) is 0 Å². The van der Waals surface area contributed by atoms with E-state index in [0.29, 0.717) is 5.41 Å². The number of hydrogen-bond donors (Lipinski definition) is 0. The highest BCUT2D eigenvalue weighted by molar-refractivity contribution is 5.39. The van der Waals surface area contributed by atoms with Crippen molar-refractivity contribution in [2.45, 2.75) is 25.7 Å². The van der Waals surface area contributed by atoms with Crippen LogP contribution in [-0.4, -0.2) is 0 Å². The third-order valence-electron chi connectivity index (χ3n) is 2.64. The Balaban J connectivity index is 2.34. The van der Waals surface area contributed by atoms with Crippen molar-refractivity contribution in [1.82, 2.24) is 0 Å². The van der Waals surface area contributed by atoms with Crippen LogP contribution < -0.4 is 0 Å². The zero-order valence-corrected chi connectivity index (χ0v) is 7.67. The first-order valence-electron chi connectivity index (χ1n) is 4.45. The molecule has 1 aliphatic carbocycles. The molecule has 0 amide bonds. The van der Waals surface area contributed by atoms with Crippen molar-refractivity contribution in [3.05, 3.63) is 47.5 Å². The summed E-state index contributed by atoms with van der Waals surface area (Å²) in [6.45, 7) is 4.50. The average molecular weight is 158 g/mol. The van der Waals surface area contributed by atoms with Crippen molar-refractivity contribution in [3.8, 4) is 0 Å². The second-order valence-corrected chi connectivity index (χ2v) is 3.95. The fourth-order valence-corrected chi connectivity index (χ4v) is 2.10. The summed E-state index contributed by atoms with van der Waals surface area (Å²) in [6, 6.07) is 10.7. The number of benzene rings is 1. The molecule has 1 aromatic rings. The van der Waals surface area contributed by atoms with Crippen LogP contribution in [0.3, 0.4) is 0 Å². The minimum atomic E-state index is 0.325. The molecule has 0 N–H and O–H groups in total. The van der Waals surface area contributed by atoms with E-state index in [-0.39, 0.29) is 0 Å². The summed E-state index contributed by atoms with van der Waals surface area (Å²) >= 11 is 0. The zero-order valence-electron chi connectivity index (χ0n) is 7.67. The van der Waals surface area contributed by atoms with Gasteiger partial charge in [-0.25, -0.2) is 0 Å². The Kier molecular flexibility index (Phi) is 1.57. The lowest BCUT2D eigenvalue weighted by atomic mass is 9.69. The van der Waals surface area contributed by atoms with E-state index in [2.05, 4.69) is 50.3 Å². The molecule has 0 fully saturated rings. The first-order valence-corrected chi connectivity index (χ1v) is 4.45. The van der Waals surface area contributed by atoms with Crippen molar-refractivity contribution >= 4 is 0 Å². The molecule has 1 unspecified atom stereocenters. The zero-order chi connectivity index (χ0) is 8.60. The lowest BCUT2D eigenvalue weighted by Gasteiger charge is -2.35. The Morgan fingerprint density at radius 3 is 2.25 bits per heavy atom. The van der Waals surface area contributed by atoms with Crippen LogP contribution in [0.1, 0.15) is 25.8 Å². The van der Waals surface area contributed by atoms with Gasteiger partial charge in [0, 0.05) is 5.41 Å². The van der Waals surface area contributed by atoms with Crippen LogP contribution in [0.2, 0.25) is 0 Å². The van der Waals surface area contributed by atoms with Crippen LogP contribution in [0.4, 0.5) is 0 Å². The summed E-state index contributed by atoms with van der Waals surface area (Å²) in [5, 5.41) is 0. The fourth-order valence-electron chi connectivity index (χ4n) is 2.10. The molecule has 0 saturated heterocycles. The maximum atomic E-state index is 2.36. The van der Waals surface area contributed by atoms with Gasteiger partial charge in [0.1, 0.15) is 0 Å². The molecule has 0 aliphatic heterocycles. The molecule has 0 radical (unpaired) electrons. The van der Waals surface area contributed by atoms with Crippen molar-refractivity contribution in [3.63, 3.8) is 0 Å². The van der Waals surface area contributed by atoms with E-state index < -0.39 is 0 Å². The summed E-state index contributed by atoms with van der Waals surface area (Å²) in [7, 11) is 0. The average Bonchev–Trinajstić information content (AvgIpc) is 2.04. The standard InChI is InChI=1S/C12H14/c1-10-8-12(2,9-10)11-6-4-3-5-7-11/h3-8H,9H2,1-2H3. The van der Waals surface area contributed by atoms with Crippen molar-refractivity contribution in [2.75, 3.05) is 0 Å². The van der Waals surface area contributed by atoms with E-state index in [1.54, 1.807) is 0 Å². The Labute approximate surface area is 73.9 Å². The number of hydrogen-bond acceptors (Lipinski definition) is 0. The molecule has 1 atom stereocenters. The molecule has 12 heavy (non-hydrogen) atoms. The molecule has 0 bridgehead atoms. The highest BCUT2D eigenvalue weighted by Gasteiger charge is 2.30. The third-order valence-corrected chi connectivity index (χ3v) is 2.64. The molecule has 0 aromatic heterocycles. The Hall–Kier alpha value is -1.04. The van der Waals surface area contributed by atoms with E-state index >= 15 is 0 Å². The quantitative estimate of drug-likeness (QED) is 0.550. The smallest absolute Gasteiger partial charge is 0.0143 e. The third kappa shape index (κ3) is 1.08. The van der Waals surface area contributed by atoms with Gasteiger partial charge in [-0.1, -0.05) is 48.9 Å². The second-order valence-electron chi connectivity index (χ2n) is 3.95. The molecule has 0 spiro atoms. The van der Waals surface area contributed by atoms with Gasteiger partial charge in [-0.2, -0.15) is 0 Å². The van der Waals surface area contributed by atoms with Crippen LogP contribution in [0.5, 0.6) is 0 Å². The van der Waals surface area contributed by atoms with Gasteiger partial charge >= 0.3 is 0 Å². The normalized spacial score (nSPS) is 27.7. The predicted molar refractivity (Wildman–Crippen MR) is 52.2 cm³/mol. The van der Waals surface area contributed by atoms with Crippen LogP contribution in [0.25, 0.3) is 0 Å². The van der Waals surface area contributed by atoms with E-state index in [0.717, 1.165) is 0 Å². The van der Waals surface area contributed by atoms with Gasteiger partial charge < -0.3 is 0 Å². The molecule has 0 saturated carbocycles. The topological polar surface area (TPSA) is 0 Å². The maximum Gasteiger partial charge on any atom is 0.0143 e. The Bertz CT molecular complexity index is 308. The first kappa shape index (κ1) is 7.60. The lowest BCUT2D eigenvalue weighted by molar-refractivity contribution is 0.524. The summed E-state index contributed by atoms with van der Waals surface area (Å²) in [5.41, 5.74) is 3.28. The van der Waals surface area contributed by atoms with Gasteiger partial charge in [-0.3, -0.25) is 0 Å². The Morgan fingerprint density at radius 1 is 1.17 bits per heavy atom. The van der Waals surface area contributed by atoms with Crippen LogP contribution in [0.15, 0.2) is 42.0 Å².